The molecule has 282 valence electrons. The highest BCUT2D eigenvalue weighted by molar-refractivity contribution is 7.89. The summed E-state index contributed by atoms with van der Waals surface area (Å²) in [6.45, 7) is 12.6. The van der Waals surface area contributed by atoms with Gasteiger partial charge in [0.25, 0.3) is 0 Å². The minimum Gasteiger partial charge on any atom is -0.489 e. The second kappa shape index (κ2) is 14.5. The molecule has 7 rings (SSSR count). The highest BCUT2D eigenvalue weighted by Gasteiger charge is 2.53. The lowest BCUT2D eigenvalue weighted by atomic mass is 9.99. The Bertz CT molecular complexity index is 1840. The molecule has 3 saturated heterocycles. The zero-order valence-corrected chi connectivity index (χ0v) is 31.2. The van der Waals surface area contributed by atoms with E-state index in [0.29, 0.717) is 42.6 Å². The molecule has 4 aliphatic heterocycles. The van der Waals surface area contributed by atoms with Gasteiger partial charge in [0.05, 0.1) is 47.4 Å². The average Bonchev–Trinajstić information content (AvgIpc) is 3.92. The van der Waals surface area contributed by atoms with Gasteiger partial charge in [0, 0.05) is 19.2 Å². The van der Waals surface area contributed by atoms with E-state index in [2.05, 4.69) is 5.16 Å². The molecule has 0 spiro atoms. The molecule has 52 heavy (non-hydrogen) atoms. The maximum atomic E-state index is 14.3. The Kier molecular flexibility index (Phi) is 10.2. The van der Waals surface area contributed by atoms with Crippen LogP contribution in [0.5, 0.6) is 17.2 Å². The van der Waals surface area contributed by atoms with Crippen LogP contribution in [0.1, 0.15) is 56.7 Å². The second-order valence-electron chi connectivity index (χ2n) is 14.7. The van der Waals surface area contributed by atoms with Crippen molar-refractivity contribution < 1.29 is 50.9 Å². The van der Waals surface area contributed by atoms with Gasteiger partial charge in [-0.25, -0.2) is 13.2 Å². The number of fused-ring (bicyclic) bond motifs is 2. The van der Waals surface area contributed by atoms with Crippen molar-refractivity contribution in [2.75, 3.05) is 33.1 Å². The van der Waals surface area contributed by atoms with E-state index in [-0.39, 0.29) is 49.5 Å². The van der Waals surface area contributed by atoms with Crippen molar-refractivity contribution in [3.63, 3.8) is 0 Å². The number of aromatic nitrogens is 1. The fourth-order valence-electron chi connectivity index (χ4n) is 7.43. The van der Waals surface area contributed by atoms with Crippen LogP contribution in [0, 0.1) is 25.7 Å². The molecule has 2 aromatic carbocycles. The first kappa shape index (κ1) is 36.5. The number of benzene rings is 2. The van der Waals surface area contributed by atoms with Gasteiger partial charge < -0.3 is 37.7 Å². The molecule has 0 radical (unpaired) electrons. The summed E-state index contributed by atoms with van der Waals surface area (Å²) >= 11 is 0. The van der Waals surface area contributed by atoms with E-state index in [0.717, 1.165) is 23.2 Å². The van der Waals surface area contributed by atoms with Gasteiger partial charge in [-0.1, -0.05) is 31.1 Å². The van der Waals surface area contributed by atoms with Crippen LogP contribution < -0.4 is 14.2 Å². The summed E-state index contributed by atoms with van der Waals surface area (Å²) in [7, 11) is -4.02. The monoisotopic (exact) mass is 741 g/mol. The molecule has 0 aliphatic carbocycles. The summed E-state index contributed by atoms with van der Waals surface area (Å²) in [5.41, 5.74) is 1.46. The number of sulfonamides is 1. The summed E-state index contributed by atoms with van der Waals surface area (Å²) in [6, 6.07) is 11.7. The lowest BCUT2D eigenvalue weighted by Gasteiger charge is -2.34. The lowest BCUT2D eigenvalue weighted by molar-refractivity contribution is -0.0911. The van der Waals surface area contributed by atoms with Crippen LogP contribution in [0.2, 0.25) is 0 Å². The van der Waals surface area contributed by atoms with Crippen molar-refractivity contribution in [1.29, 1.82) is 0 Å². The Hall–Kier alpha value is -3.89. The van der Waals surface area contributed by atoms with Crippen LogP contribution >= 0.6 is 0 Å². The summed E-state index contributed by atoms with van der Waals surface area (Å²) < 4.78 is 76.4. The third-order valence-corrected chi connectivity index (χ3v) is 11.9. The largest absolute Gasteiger partial charge is 0.489 e. The minimum absolute atomic E-state index is 0.000361. The quantitative estimate of drug-likeness (QED) is 0.241. The fourth-order valence-corrected chi connectivity index (χ4v) is 9.07. The van der Waals surface area contributed by atoms with Crippen LogP contribution in [0.15, 0.2) is 51.9 Å². The summed E-state index contributed by atoms with van der Waals surface area (Å²) in [5, 5.41) is 4.00. The van der Waals surface area contributed by atoms with E-state index < -0.39 is 40.1 Å². The number of hydrogen-bond donors (Lipinski definition) is 0. The summed E-state index contributed by atoms with van der Waals surface area (Å²) in [6.07, 6.45) is -0.998. The molecule has 5 atom stereocenters. The zero-order chi connectivity index (χ0) is 36.8. The first-order valence-electron chi connectivity index (χ1n) is 17.7. The van der Waals surface area contributed by atoms with Crippen molar-refractivity contribution in [2.24, 2.45) is 11.8 Å². The topological polar surface area (TPSA) is 148 Å². The Morgan fingerprint density at radius 2 is 1.85 bits per heavy atom. The first-order valence-corrected chi connectivity index (χ1v) is 19.2. The number of hydrogen-bond acceptors (Lipinski definition) is 12. The predicted molar refractivity (Wildman–Crippen MR) is 185 cm³/mol. The second-order valence-corrected chi connectivity index (χ2v) is 16.6. The van der Waals surface area contributed by atoms with Crippen molar-refractivity contribution in [3.05, 3.63) is 65.0 Å². The van der Waals surface area contributed by atoms with Gasteiger partial charge >= 0.3 is 6.09 Å². The Morgan fingerprint density at radius 3 is 2.58 bits per heavy atom. The van der Waals surface area contributed by atoms with Crippen LogP contribution in [-0.2, 0) is 42.0 Å². The molecule has 0 N–H and O–H groups in total. The van der Waals surface area contributed by atoms with E-state index in [9.17, 15) is 13.2 Å². The minimum atomic E-state index is -4.02. The molecule has 3 aromatic rings. The van der Waals surface area contributed by atoms with Crippen molar-refractivity contribution >= 4 is 16.1 Å². The van der Waals surface area contributed by atoms with Gasteiger partial charge in [-0.2, -0.15) is 4.31 Å². The van der Waals surface area contributed by atoms with Crippen molar-refractivity contribution in [1.82, 2.24) is 14.4 Å². The standard InChI is InChI=1S/C37H47N3O11S/c1-22(2)17-39(52(42,43)27-11-12-31-32(16-27)48-21-47-31)18-33-30(15-25-7-9-26(10-8-25)45-19-29-23(3)38-51-24(29)4)40(37(5,6)50-33)36(41)49-34-20-46-35-28(34)13-14-44-35/h7-12,16,22,28,30,33-35H,13-15,17-21H2,1-6H3/t28-,30-,33+,34?,35+/m1/s1. The van der Waals surface area contributed by atoms with Crippen molar-refractivity contribution in [2.45, 2.75) is 96.2 Å². The molecule has 5 heterocycles. The number of ether oxygens (including phenoxy) is 7. The Labute approximate surface area is 304 Å². The molecule has 15 heteroatoms. The van der Waals surface area contributed by atoms with Crippen LogP contribution in [0.4, 0.5) is 4.79 Å². The lowest BCUT2D eigenvalue weighted by Crippen LogP contribution is -2.51. The number of carbonyl (C=O) groups excluding carboxylic acids is 1. The highest BCUT2D eigenvalue weighted by atomic mass is 32.2. The smallest absolute Gasteiger partial charge is 0.412 e. The number of amides is 1. The molecular weight excluding hydrogens is 694 g/mol. The number of rotatable bonds is 12. The highest BCUT2D eigenvalue weighted by Crippen LogP contribution is 2.40. The fraction of sp³-hybridized carbons (Fsp3) is 0.568. The van der Waals surface area contributed by atoms with Gasteiger partial charge in [-0.15, -0.1) is 0 Å². The van der Waals surface area contributed by atoms with Gasteiger partial charge in [-0.05, 0) is 76.3 Å². The molecule has 1 aromatic heterocycles. The maximum absolute atomic E-state index is 14.3. The van der Waals surface area contributed by atoms with E-state index in [1.807, 2.05) is 52.0 Å². The number of carbonyl (C=O) groups is 1. The Balaban J connectivity index is 1.16. The van der Waals surface area contributed by atoms with Crippen LogP contribution in [0.25, 0.3) is 0 Å². The molecule has 4 aliphatic rings. The zero-order valence-electron chi connectivity index (χ0n) is 30.4. The average molecular weight is 742 g/mol. The first-order chi connectivity index (χ1) is 24.8. The van der Waals surface area contributed by atoms with Crippen molar-refractivity contribution in [3.8, 4) is 17.2 Å². The Morgan fingerprint density at radius 1 is 1.08 bits per heavy atom. The molecule has 14 nitrogen and oxygen atoms in total. The van der Waals surface area contributed by atoms with E-state index in [4.69, 9.17) is 37.7 Å². The molecule has 1 amide bonds. The van der Waals surface area contributed by atoms with Crippen LogP contribution in [-0.4, -0.2) is 92.2 Å². The van der Waals surface area contributed by atoms with Gasteiger partial charge in [-0.3, -0.25) is 4.90 Å². The number of nitrogens with zero attached hydrogens (tertiary/aromatic N) is 3. The maximum Gasteiger partial charge on any atom is 0.412 e. The third-order valence-electron chi connectivity index (χ3n) is 10.1. The third kappa shape index (κ3) is 7.33. The van der Waals surface area contributed by atoms with Gasteiger partial charge in [0.2, 0.25) is 16.8 Å². The van der Waals surface area contributed by atoms with Gasteiger partial charge in [0.15, 0.2) is 17.8 Å². The van der Waals surface area contributed by atoms with E-state index in [1.54, 1.807) is 24.8 Å². The van der Waals surface area contributed by atoms with Gasteiger partial charge in [0.1, 0.15) is 29.9 Å². The molecule has 0 saturated carbocycles. The summed E-state index contributed by atoms with van der Waals surface area (Å²) in [5.74, 6) is 2.19. The summed E-state index contributed by atoms with van der Waals surface area (Å²) in [4.78, 5) is 15.9. The normalized spacial score (nSPS) is 24.9. The van der Waals surface area contributed by atoms with E-state index in [1.165, 1.54) is 16.4 Å². The molecular formula is C37H47N3O11S. The number of aryl methyl sites for hydroxylation is 2. The SMILES string of the molecule is Cc1noc(C)c1COc1ccc(C[C@@H]2[C@H](CN(CC(C)C)S(=O)(=O)c3ccc4c(c3)OCO4)OC(C)(C)N2C(=O)OC2CO[C@@H]3OCC[C@H]23)cc1. The van der Waals surface area contributed by atoms with E-state index >= 15 is 0 Å². The predicted octanol–water partition coefficient (Wildman–Crippen LogP) is 5.19. The molecule has 0 bridgehead atoms. The van der Waals surface area contributed by atoms with Crippen LogP contribution in [0.3, 0.4) is 0 Å². The molecule has 3 fully saturated rings. The molecule has 1 unspecified atom stereocenters.